The summed E-state index contributed by atoms with van der Waals surface area (Å²) in [6.45, 7) is 5.03. The second-order valence-corrected chi connectivity index (χ2v) is 10.1. The molecular weight excluding hydrogens is 547 g/mol. The van der Waals surface area contributed by atoms with Gasteiger partial charge in [-0.15, -0.1) is 0 Å². The number of H-pyrrole nitrogens is 1. The number of hydrogen-bond donors (Lipinski definition) is 4. The van der Waals surface area contributed by atoms with E-state index in [0.29, 0.717) is 38.6 Å². The highest BCUT2D eigenvalue weighted by Gasteiger charge is 2.45. The number of imidazole rings is 1. The smallest absolute Gasteiger partial charge is 0.325 e. The number of nitrogens with zero attached hydrogens (tertiary/aromatic N) is 2. The Morgan fingerprint density at radius 2 is 1.89 bits per heavy atom. The highest BCUT2D eigenvalue weighted by atomic mass is 79.9. The number of benzene rings is 2. The summed E-state index contributed by atoms with van der Waals surface area (Å²) in [4.78, 5) is 35.4. The number of aliphatic hydroxyl groups excluding tert-OH is 2. The van der Waals surface area contributed by atoms with Crippen molar-refractivity contribution >= 4 is 27.9 Å². The largest absolute Gasteiger partial charge is 0.491 e. The molecule has 1 fully saturated rings. The molecule has 1 aliphatic heterocycles. The topological polar surface area (TPSA) is 128 Å². The molecular formula is C26H28BrFN4O5. The Kier molecular flexibility index (Phi) is 7.96. The second kappa shape index (κ2) is 11.0. The number of aryl methyl sites for hydroxylation is 1. The lowest BCUT2D eigenvalue weighted by Crippen LogP contribution is -2.38. The third kappa shape index (κ3) is 5.53. The molecule has 9 nitrogen and oxygen atoms in total. The van der Waals surface area contributed by atoms with Crippen LogP contribution in [-0.4, -0.2) is 56.3 Å². The third-order valence-electron chi connectivity index (χ3n) is 6.12. The molecule has 0 saturated carbocycles. The van der Waals surface area contributed by atoms with Gasteiger partial charge in [0.05, 0.1) is 12.3 Å². The number of carbonyl (C=O) groups is 2. The van der Waals surface area contributed by atoms with Gasteiger partial charge in [-0.25, -0.2) is 14.2 Å². The van der Waals surface area contributed by atoms with Gasteiger partial charge in [-0.2, -0.15) is 0 Å². The molecule has 1 aliphatic rings. The average molecular weight is 575 g/mol. The lowest BCUT2D eigenvalue weighted by Gasteiger charge is -2.27. The molecule has 4 N–H and O–H groups in total. The van der Waals surface area contributed by atoms with Crippen molar-refractivity contribution in [2.24, 2.45) is 5.92 Å². The van der Waals surface area contributed by atoms with Crippen LogP contribution in [0.15, 0.2) is 46.9 Å². The minimum atomic E-state index is -0.997. The Bertz CT molecular complexity index is 1300. The van der Waals surface area contributed by atoms with E-state index in [9.17, 15) is 19.1 Å². The number of amides is 3. The van der Waals surface area contributed by atoms with Gasteiger partial charge < -0.3 is 25.3 Å². The maximum atomic E-state index is 14.6. The minimum Gasteiger partial charge on any atom is -0.491 e. The van der Waals surface area contributed by atoms with E-state index in [1.54, 1.807) is 43.3 Å². The number of urea groups is 1. The molecule has 11 heteroatoms. The molecule has 1 saturated heterocycles. The standard InChI is InChI=1S/C26H28BrFN4O5/c1-13(2)23(24-29-14(3)21(30-24)19-9-6-16(27)10-20(19)28)32-25(35)22(31-26(32)36)15-4-7-18(8-5-15)37-12-17(34)11-33/h4-10,13,17,22-23,33-34H,11-12H2,1-3H3,(H,29,30)(H,31,36)/t17-,22-,23?/m1/s1. The molecule has 1 aromatic heterocycles. The quantitative estimate of drug-likeness (QED) is 0.286. The fourth-order valence-electron chi connectivity index (χ4n) is 4.29. The third-order valence-corrected chi connectivity index (χ3v) is 6.61. The number of imide groups is 1. The van der Waals surface area contributed by atoms with E-state index in [1.807, 2.05) is 13.8 Å². The predicted molar refractivity (Wildman–Crippen MR) is 137 cm³/mol. The molecule has 0 aliphatic carbocycles. The summed E-state index contributed by atoms with van der Waals surface area (Å²) in [7, 11) is 0. The lowest BCUT2D eigenvalue weighted by atomic mass is 10.0. The summed E-state index contributed by atoms with van der Waals surface area (Å²) < 4.78 is 20.6. The normalized spacial score (nSPS) is 17.3. The van der Waals surface area contributed by atoms with Crippen LogP contribution in [0.25, 0.3) is 11.3 Å². The van der Waals surface area contributed by atoms with Crippen molar-refractivity contribution in [3.63, 3.8) is 0 Å². The molecule has 4 rings (SSSR count). The summed E-state index contributed by atoms with van der Waals surface area (Å²) in [6, 6.07) is 9.11. The summed E-state index contributed by atoms with van der Waals surface area (Å²) in [5.41, 5.74) is 1.91. The monoisotopic (exact) mass is 574 g/mol. The predicted octanol–water partition coefficient (Wildman–Crippen LogP) is 4.01. The van der Waals surface area contributed by atoms with Crippen molar-refractivity contribution in [1.82, 2.24) is 20.2 Å². The number of aromatic amines is 1. The van der Waals surface area contributed by atoms with Gasteiger partial charge in [0.1, 0.15) is 42.2 Å². The molecule has 0 radical (unpaired) electrons. The summed E-state index contributed by atoms with van der Waals surface area (Å²) >= 11 is 3.25. The Balaban J connectivity index is 1.59. The minimum absolute atomic E-state index is 0.0759. The van der Waals surface area contributed by atoms with E-state index in [0.717, 1.165) is 4.90 Å². The first-order chi connectivity index (χ1) is 17.6. The van der Waals surface area contributed by atoms with Gasteiger partial charge in [0.2, 0.25) is 0 Å². The Morgan fingerprint density at radius 3 is 2.51 bits per heavy atom. The van der Waals surface area contributed by atoms with Crippen LogP contribution in [0.4, 0.5) is 9.18 Å². The lowest BCUT2D eigenvalue weighted by molar-refractivity contribution is -0.130. The Labute approximate surface area is 221 Å². The van der Waals surface area contributed by atoms with E-state index < -0.39 is 42.6 Å². The molecule has 3 amide bonds. The first-order valence-electron chi connectivity index (χ1n) is 11.8. The molecule has 2 aromatic carbocycles. The Morgan fingerprint density at radius 1 is 1.19 bits per heavy atom. The maximum Gasteiger partial charge on any atom is 0.325 e. The van der Waals surface area contributed by atoms with Gasteiger partial charge in [0, 0.05) is 15.7 Å². The first-order valence-corrected chi connectivity index (χ1v) is 12.6. The van der Waals surface area contributed by atoms with Crippen LogP contribution >= 0.6 is 15.9 Å². The number of halogens is 2. The number of ether oxygens (including phenoxy) is 1. The van der Waals surface area contributed by atoms with Crippen LogP contribution in [0.3, 0.4) is 0 Å². The van der Waals surface area contributed by atoms with Crippen molar-refractivity contribution in [3.05, 3.63) is 69.8 Å². The van der Waals surface area contributed by atoms with E-state index >= 15 is 0 Å². The molecule has 2 heterocycles. The van der Waals surface area contributed by atoms with E-state index in [-0.39, 0.29) is 12.5 Å². The van der Waals surface area contributed by atoms with Gasteiger partial charge in [-0.1, -0.05) is 41.9 Å². The van der Waals surface area contributed by atoms with Gasteiger partial charge in [0.25, 0.3) is 5.91 Å². The second-order valence-electron chi connectivity index (χ2n) is 9.22. The van der Waals surface area contributed by atoms with Crippen LogP contribution in [0.5, 0.6) is 5.75 Å². The van der Waals surface area contributed by atoms with E-state index in [2.05, 4.69) is 31.2 Å². The van der Waals surface area contributed by atoms with Crippen molar-refractivity contribution in [1.29, 1.82) is 0 Å². The summed E-state index contributed by atoms with van der Waals surface area (Å²) in [6.07, 6.45) is -0.997. The molecule has 0 bridgehead atoms. The van der Waals surface area contributed by atoms with Gasteiger partial charge in [0.15, 0.2) is 0 Å². The first kappa shape index (κ1) is 26.8. The molecule has 37 heavy (non-hydrogen) atoms. The molecule has 0 spiro atoms. The van der Waals surface area contributed by atoms with E-state index in [1.165, 1.54) is 6.07 Å². The van der Waals surface area contributed by atoms with Crippen LogP contribution in [0.1, 0.15) is 43.0 Å². The maximum absolute atomic E-state index is 14.6. The Hall–Kier alpha value is -3.28. The van der Waals surface area contributed by atoms with Crippen molar-refractivity contribution in [2.45, 2.75) is 39.0 Å². The molecule has 196 valence electrons. The van der Waals surface area contributed by atoms with Crippen molar-refractivity contribution in [2.75, 3.05) is 13.2 Å². The zero-order chi connectivity index (χ0) is 26.9. The van der Waals surface area contributed by atoms with E-state index in [4.69, 9.17) is 9.84 Å². The highest BCUT2D eigenvalue weighted by molar-refractivity contribution is 9.10. The zero-order valence-corrected chi connectivity index (χ0v) is 22.1. The van der Waals surface area contributed by atoms with Gasteiger partial charge in [-0.05, 0) is 48.7 Å². The van der Waals surface area contributed by atoms with Crippen molar-refractivity contribution < 1.29 is 28.9 Å². The molecule has 1 unspecified atom stereocenters. The van der Waals surface area contributed by atoms with Crippen LogP contribution in [-0.2, 0) is 4.79 Å². The zero-order valence-electron chi connectivity index (χ0n) is 20.5. The number of hydrogen-bond acceptors (Lipinski definition) is 6. The number of carbonyl (C=O) groups excluding carboxylic acids is 2. The average Bonchev–Trinajstić information content (AvgIpc) is 3.37. The fourth-order valence-corrected chi connectivity index (χ4v) is 4.62. The van der Waals surface area contributed by atoms with Crippen molar-refractivity contribution in [3.8, 4) is 17.0 Å². The van der Waals surface area contributed by atoms with Crippen LogP contribution < -0.4 is 10.1 Å². The number of aromatic nitrogens is 2. The highest BCUT2D eigenvalue weighted by Crippen LogP contribution is 2.36. The van der Waals surface area contributed by atoms with Gasteiger partial charge in [-0.3, -0.25) is 9.69 Å². The summed E-state index contributed by atoms with van der Waals surface area (Å²) in [5, 5.41) is 21.1. The SMILES string of the molecule is Cc1[nH]c(C(C(C)C)N2C(=O)N[C@H](c3ccc(OC[C@H](O)CO)cc3)C2=O)nc1-c1ccc(Br)cc1F. The fraction of sp³-hybridized carbons (Fsp3) is 0.346. The van der Waals surface area contributed by atoms with Crippen LogP contribution in [0.2, 0.25) is 0 Å². The number of aliphatic hydroxyl groups is 2. The number of nitrogens with one attached hydrogen (secondary N) is 2. The summed E-state index contributed by atoms with van der Waals surface area (Å²) in [5.74, 6) is -0.220. The molecule has 3 atom stereocenters. The molecule has 3 aromatic rings. The van der Waals surface area contributed by atoms with Gasteiger partial charge >= 0.3 is 6.03 Å². The number of rotatable bonds is 9. The van der Waals surface area contributed by atoms with Crippen LogP contribution in [0, 0.1) is 18.7 Å².